The first-order valence-corrected chi connectivity index (χ1v) is 4.57. The molecule has 0 heterocycles. The van der Waals surface area contributed by atoms with Crippen molar-refractivity contribution in [3.8, 4) is 0 Å². The summed E-state index contributed by atoms with van der Waals surface area (Å²) in [6, 6.07) is 7.44. The molecule has 0 saturated heterocycles. The Bertz CT molecular complexity index is 372. The number of ketones is 1. The maximum atomic E-state index is 11.8. The van der Waals surface area contributed by atoms with Gasteiger partial charge in [-0.3, -0.25) is 4.79 Å². The fourth-order valence-corrected chi connectivity index (χ4v) is 1.90. The number of fused-ring (bicyclic) bond motifs is 1. The van der Waals surface area contributed by atoms with Crippen molar-refractivity contribution in [3.05, 3.63) is 35.4 Å². The molecule has 0 saturated carbocycles. The number of carbonyl (C=O) groups is 1. The number of hydrogen-bond donors (Lipinski definition) is 1. The monoisotopic (exact) mass is 191 g/mol. The Kier molecular flexibility index (Phi) is 1.66. The van der Waals surface area contributed by atoms with Crippen molar-refractivity contribution in [1.82, 2.24) is 0 Å². The fourth-order valence-electron chi connectivity index (χ4n) is 1.57. The molecule has 66 valence electrons. The van der Waals surface area contributed by atoms with Gasteiger partial charge in [-0.25, -0.2) is 0 Å². The summed E-state index contributed by atoms with van der Waals surface area (Å²) in [5, 5.41) is 0.771. The van der Waals surface area contributed by atoms with Crippen molar-refractivity contribution in [2.45, 2.75) is 12.5 Å². The predicted octanol–water partition coefficient (Wildman–Crippen LogP) is 1.26. The smallest absolute Gasteiger partial charge is 0.187 e. The van der Waals surface area contributed by atoms with Crippen LogP contribution in [0.15, 0.2) is 24.3 Å². The Balaban J connectivity index is 2.71. The van der Waals surface area contributed by atoms with Gasteiger partial charge in [0.15, 0.2) is 5.78 Å². The van der Waals surface area contributed by atoms with Crippen LogP contribution in [0.2, 0.25) is 0 Å². The standard InChI is InChI=1S/C10H10NOP/c1-10(11)8(12)6-4-2-3-5-7(6)9(10)13/h2-5,13H,11H2,1H3. The average molecular weight is 191 g/mol. The van der Waals surface area contributed by atoms with Crippen LogP contribution in [0.25, 0.3) is 0 Å². The van der Waals surface area contributed by atoms with E-state index in [4.69, 9.17) is 5.73 Å². The van der Waals surface area contributed by atoms with Gasteiger partial charge in [0.25, 0.3) is 0 Å². The minimum Gasteiger partial charge on any atom is -0.315 e. The summed E-state index contributed by atoms with van der Waals surface area (Å²) in [5.74, 6) is -0.0203. The van der Waals surface area contributed by atoms with Gasteiger partial charge in [0.05, 0.1) is 0 Å². The van der Waals surface area contributed by atoms with E-state index in [-0.39, 0.29) is 5.78 Å². The highest BCUT2D eigenvalue weighted by Crippen LogP contribution is 2.29. The van der Waals surface area contributed by atoms with E-state index in [0.717, 1.165) is 10.9 Å². The summed E-state index contributed by atoms with van der Waals surface area (Å²) in [6.45, 7) is 1.72. The lowest BCUT2D eigenvalue weighted by Gasteiger charge is -2.15. The molecule has 2 nitrogen and oxygen atoms in total. The molecule has 1 aromatic rings. The van der Waals surface area contributed by atoms with Crippen LogP contribution in [0.4, 0.5) is 0 Å². The van der Waals surface area contributed by atoms with Gasteiger partial charge in [-0.1, -0.05) is 24.3 Å². The van der Waals surface area contributed by atoms with Gasteiger partial charge in [0.1, 0.15) is 5.54 Å². The van der Waals surface area contributed by atoms with Gasteiger partial charge in [-0.2, -0.15) is 0 Å². The van der Waals surface area contributed by atoms with Crippen LogP contribution < -0.4 is 5.73 Å². The molecule has 0 aliphatic heterocycles. The van der Waals surface area contributed by atoms with Crippen LogP contribution in [0, 0.1) is 0 Å². The van der Waals surface area contributed by atoms with E-state index >= 15 is 0 Å². The lowest BCUT2D eigenvalue weighted by Crippen LogP contribution is -2.46. The molecule has 2 rings (SSSR count). The van der Waals surface area contributed by atoms with Crippen molar-refractivity contribution in [1.29, 1.82) is 0 Å². The SMILES string of the molecule is CC1(N)C(=O)c2ccccc2C1=P. The summed E-state index contributed by atoms with van der Waals surface area (Å²) in [6.07, 6.45) is 0. The predicted molar refractivity (Wildman–Crippen MR) is 55.8 cm³/mol. The molecular formula is C10H10NOP. The number of Topliss-reactive ketones (excluding diaryl/α,β-unsaturated/α-hetero) is 1. The molecular weight excluding hydrogens is 181 g/mol. The molecule has 0 amide bonds. The highest BCUT2D eigenvalue weighted by atomic mass is 31.0. The van der Waals surface area contributed by atoms with Crippen LogP contribution in [0.5, 0.6) is 0 Å². The van der Waals surface area contributed by atoms with Crippen molar-refractivity contribution in [2.75, 3.05) is 0 Å². The van der Waals surface area contributed by atoms with Crippen LogP contribution in [0.1, 0.15) is 22.8 Å². The molecule has 13 heavy (non-hydrogen) atoms. The number of rotatable bonds is 0. The molecule has 0 aromatic heterocycles. The van der Waals surface area contributed by atoms with Crippen LogP contribution in [0.3, 0.4) is 0 Å². The van der Waals surface area contributed by atoms with E-state index in [0.29, 0.717) is 5.56 Å². The normalized spacial score (nSPS) is 26.3. The molecule has 0 radical (unpaired) electrons. The van der Waals surface area contributed by atoms with Crippen LogP contribution in [-0.4, -0.2) is 16.6 Å². The Morgan fingerprint density at radius 2 is 1.85 bits per heavy atom. The Morgan fingerprint density at radius 1 is 1.31 bits per heavy atom. The zero-order chi connectivity index (χ0) is 9.64. The van der Waals surface area contributed by atoms with Crippen molar-refractivity contribution in [3.63, 3.8) is 0 Å². The third kappa shape index (κ3) is 0.995. The third-order valence-corrected chi connectivity index (χ3v) is 3.22. The second-order valence-electron chi connectivity index (χ2n) is 3.45. The molecule has 1 aliphatic rings. The summed E-state index contributed by atoms with van der Waals surface area (Å²) in [4.78, 5) is 11.8. The zero-order valence-corrected chi connectivity index (χ0v) is 8.29. The second-order valence-corrected chi connectivity index (χ2v) is 3.95. The molecule has 1 aromatic carbocycles. The Morgan fingerprint density at radius 3 is 2.38 bits per heavy atom. The largest absolute Gasteiger partial charge is 0.315 e. The minimum absolute atomic E-state index is 0.0203. The zero-order valence-electron chi connectivity index (χ0n) is 7.29. The van der Waals surface area contributed by atoms with Gasteiger partial charge in [0.2, 0.25) is 0 Å². The molecule has 0 fully saturated rings. The first-order chi connectivity index (χ1) is 6.05. The van der Waals surface area contributed by atoms with E-state index < -0.39 is 5.54 Å². The molecule has 0 bridgehead atoms. The number of hydrogen-bond acceptors (Lipinski definition) is 2. The van der Waals surface area contributed by atoms with Crippen LogP contribution in [-0.2, 0) is 0 Å². The minimum atomic E-state index is -0.888. The van der Waals surface area contributed by atoms with E-state index in [2.05, 4.69) is 8.86 Å². The molecule has 2 N–H and O–H groups in total. The van der Waals surface area contributed by atoms with Gasteiger partial charge in [-0.15, -0.1) is 8.86 Å². The lowest BCUT2D eigenvalue weighted by atomic mass is 9.99. The summed E-state index contributed by atoms with van der Waals surface area (Å²) in [7, 11) is 3.42. The van der Waals surface area contributed by atoms with E-state index in [1.165, 1.54) is 0 Å². The summed E-state index contributed by atoms with van der Waals surface area (Å²) in [5.41, 5.74) is 6.61. The Hall–Kier alpha value is -0.980. The van der Waals surface area contributed by atoms with Crippen molar-refractivity contribution >= 4 is 19.9 Å². The van der Waals surface area contributed by atoms with Gasteiger partial charge in [0, 0.05) is 10.9 Å². The van der Waals surface area contributed by atoms with E-state index in [1.807, 2.05) is 18.2 Å². The first-order valence-electron chi connectivity index (χ1n) is 4.07. The van der Waals surface area contributed by atoms with Gasteiger partial charge in [-0.05, 0) is 12.5 Å². The van der Waals surface area contributed by atoms with E-state index in [1.54, 1.807) is 13.0 Å². The highest BCUT2D eigenvalue weighted by Gasteiger charge is 2.41. The average Bonchev–Trinajstić information content (AvgIpc) is 2.30. The Labute approximate surface area is 79.0 Å². The van der Waals surface area contributed by atoms with E-state index in [9.17, 15) is 4.79 Å². The van der Waals surface area contributed by atoms with Gasteiger partial charge >= 0.3 is 0 Å². The summed E-state index contributed by atoms with van der Waals surface area (Å²) >= 11 is 0. The number of benzene rings is 1. The highest BCUT2D eigenvalue weighted by molar-refractivity contribution is 7.23. The lowest BCUT2D eigenvalue weighted by molar-refractivity contribution is 0.0950. The number of nitrogens with two attached hydrogens (primary N) is 1. The molecule has 3 heteroatoms. The first kappa shape index (κ1) is 8.61. The molecule has 1 atom stereocenters. The second kappa shape index (κ2) is 2.50. The molecule has 1 unspecified atom stereocenters. The fraction of sp³-hybridized carbons (Fsp3) is 0.200. The maximum Gasteiger partial charge on any atom is 0.187 e. The maximum absolute atomic E-state index is 11.8. The number of carbonyl (C=O) groups excluding carboxylic acids is 1. The third-order valence-electron chi connectivity index (χ3n) is 2.43. The van der Waals surface area contributed by atoms with Crippen LogP contribution >= 0.6 is 8.86 Å². The topological polar surface area (TPSA) is 43.1 Å². The quantitative estimate of drug-likeness (QED) is 0.627. The summed E-state index contributed by atoms with van der Waals surface area (Å²) < 4.78 is 0. The molecule has 0 spiro atoms. The van der Waals surface area contributed by atoms with Crippen molar-refractivity contribution in [2.24, 2.45) is 5.73 Å². The molecule has 1 aliphatic carbocycles. The van der Waals surface area contributed by atoms with Crippen molar-refractivity contribution < 1.29 is 4.79 Å². The van der Waals surface area contributed by atoms with Gasteiger partial charge < -0.3 is 5.73 Å².